The van der Waals surface area contributed by atoms with Gasteiger partial charge in [-0.3, -0.25) is 4.79 Å². The Hall–Kier alpha value is -2.40. The molecule has 1 aromatic carbocycles. The second kappa shape index (κ2) is 10.1. The summed E-state index contributed by atoms with van der Waals surface area (Å²) in [5.74, 6) is 1.57. The number of aryl methyl sites for hydroxylation is 1. The first-order valence-corrected chi connectivity index (χ1v) is 11.1. The van der Waals surface area contributed by atoms with E-state index in [1.807, 2.05) is 26.1 Å². The molecule has 0 bridgehead atoms. The van der Waals surface area contributed by atoms with Crippen LogP contribution in [0.25, 0.3) is 11.0 Å². The van der Waals surface area contributed by atoms with Crippen LogP contribution in [-0.4, -0.2) is 35.1 Å². The predicted molar refractivity (Wildman–Crippen MR) is 125 cm³/mol. The summed E-state index contributed by atoms with van der Waals surface area (Å²) in [6.45, 7) is 7.04. The number of para-hydroxylation sites is 2. The third-order valence-electron chi connectivity index (χ3n) is 6.23. The molecule has 30 heavy (non-hydrogen) atoms. The molecule has 5 nitrogen and oxygen atoms in total. The van der Waals surface area contributed by atoms with E-state index in [-0.39, 0.29) is 11.9 Å². The van der Waals surface area contributed by atoms with Crippen molar-refractivity contribution in [2.45, 2.75) is 64.8 Å². The van der Waals surface area contributed by atoms with Crippen molar-refractivity contribution in [3.05, 3.63) is 52.9 Å². The molecule has 1 aliphatic rings. The molecule has 0 aliphatic heterocycles. The molecule has 2 N–H and O–H groups in total. The number of carbonyl (C=O) groups is 1. The van der Waals surface area contributed by atoms with Gasteiger partial charge in [-0.15, -0.1) is 0 Å². The number of hydrogen-bond acceptors (Lipinski definition) is 3. The molecule has 3 rings (SSSR count). The average Bonchev–Trinajstić information content (AvgIpc) is 3.07. The topological polar surface area (TPSA) is 59.0 Å². The van der Waals surface area contributed by atoms with E-state index in [2.05, 4.69) is 54.3 Å². The highest BCUT2D eigenvalue weighted by Gasteiger charge is 2.28. The Labute approximate surface area is 180 Å². The van der Waals surface area contributed by atoms with Crippen molar-refractivity contribution >= 4 is 16.9 Å². The van der Waals surface area contributed by atoms with Crippen LogP contribution >= 0.6 is 0 Å². The number of hydrogen-bond donors (Lipinski definition) is 2. The average molecular weight is 409 g/mol. The number of allylic oxidation sites excluding steroid dienone is 2. The minimum atomic E-state index is 0.0499. The van der Waals surface area contributed by atoms with Crippen molar-refractivity contribution in [1.82, 2.24) is 20.2 Å². The molecule has 1 aliphatic carbocycles. The van der Waals surface area contributed by atoms with Crippen molar-refractivity contribution in [2.24, 2.45) is 7.05 Å². The van der Waals surface area contributed by atoms with E-state index in [0.29, 0.717) is 5.92 Å². The highest BCUT2D eigenvalue weighted by Crippen LogP contribution is 2.33. The van der Waals surface area contributed by atoms with Gasteiger partial charge in [-0.2, -0.15) is 0 Å². The zero-order chi connectivity index (χ0) is 21.7. The molecule has 0 saturated heterocycles. The zero-order valence-corrected chi connectivity index (χ0v) is 19.1. The van der Waals surface area contributed by atoms with Crippen LogP contribution in [-0.2, 0) is 11.8 Å². The van der Waals surface area contributed by atoms with Crippen LogP contribution in [0.5, 0.6) is 0 Å². The Balaban J connectivity index is 1.68. The van der Waals surface area contributed by atoms with E-state index in [1.54, 1.807) is 0 Å². The Morgan fingerprint density at radius 2 is 2.00 bits per heavy atom. The fraction of sp³-hybridized carbons (Fsp3) is 0.520. The summed E-state index contributed by atoms with van der Waals surface area (Å²) in [5.41, 5.74) is 5.51. The maximum Gasteiger partial charge on any atom is 0.247 e. The van der Waals surface area contributed by atoms with Crippen LogP contribution in [0, 0.1) is 0 Å². The smallest absolute Gasteiger partial charge is 0.247 e. The van der Waals surface area contributed by atoms with Crippen molar-refractivity contribution in [2.75, 3.05) is 13.6 Å². The van der Waals surface area contributed by atoms with Gasteiger partial charge in [0.05, 0.1) is 11.0 Å². The van der Waals surface area contributed by atoms with Crippen LogP contribution in [0.1, 0.15) is 64.6 Å². The summed E-state index contributed by atoms with van der Waals surface area (Å²) in [6.07, 6.45) is 7.21. The van der Waals surface area contributed by atoms with Gasteiger partial charge in [0, 0.05) is 24.6 Å². The normalized spacial score (nSPS) is 19.7. The van der Waals surface area contributed by atoms with Gasteiger partial charge >= 0.3 is 0 Å². The summed E-state index contributed by atoms with van der Waals surface area (Å²) in [6, 6.07) is 8.49. The third kappa shape index (κ3) is 5.20. The number of nitrogens with one attached hydrogen (secondary N) is 2. The number of amides is 1. The molecular formula is C25H36N4O. The first-order chi connectivity index (χ1) is 14.4. The van der Waals surface area contributed by atoms with Gasteiger partial charge in [0.2, 0.25) is 5.91 Å². The number of imidazole rings is 1. The standard InChI is InChI=1S/C25H36N4O/c1-17(2)19(13-14-26-4)15-18(3)25(30)27-21-10-8-9-20(16-21)24-28-22-11-6-7-12-23(22)29(24)5/h6-7,11-12,15,20-21,26H,8-10,13-14,16H2,1-5H3,(H,27,30)/b18-15+. The second-order valence-corrected chi connectivity index (χ2v) is 8.76. The Bertz CT molecular complexity index is 949. The van der Waals surface area contributed by atoms with Crippen molar-refractivity contribution < 1.29 is 4.79 Å². The second-order valence-electron chi connectivity index (χ2n) is 8.76. The van der Waals surface area contributed by atoms with Crippen LogP contribution in [0.15, 0.2) is 47.1 Å². The summed E-state index contributed by atoms with van der Waals surface area (Å²) >= 11 is 0. The maximum atomic E-state index is 12.9. The van der Waals surface area contributed by atoms with Crippen molar-refractivity contribution in [1.29, 1.82) is 0 Å². The van der Waals surface area contributed by atoms with Gasteiger partial charge < -0.3 is 15.2 Å². The van der Waals surface area contributed by atoms with E-state index in [0.717, 1.165) is 55.6 Å². The largest absolute Gasteiger partial charge is 0.350 e. The van der Waals surface area contributed by atoms with Crippen LogP contribution in [0.4, 0.5) is 0 Å². The Kier molecular flexibility index (Phi) is 7.48. The van der Waals surface area contributed by atoms with Crippen LogP contribution < -0.4 is 10.6 Å². The summed E-state index contributed by atoms with van der Waals surface area (Å²) in [4.78, 5) is 17.8. The number of fused-ring (bicyclic) bond motifs is 1. The molecule has 0 spiro atoms. The monoisotopic (exact) mass is 408 g/mol. The van der Waals surface area contributed by atoms with Gasteiger partial charge in [-0.05, 0) is 77.8 Å². The van der Waals surface area contributed by atoms with E-state index in [4.69, 9.17) is 4.98 Å². The van der Waals surface area contributed by atoms with E-state index in [1.165, 1.54) is 16.7 Å². The lowest BCUT2D eigenvalue weighted by molar-refractivity contribution is -0.118. The SMILES string of the molecule is CNCCC(/C=C(\C)C(=O)NC1CCCC(c2nc3ccccc3n2C)C1)=C(C)C. The van der Waals surface area contributed by atoms with Crippen molar-refractivity contribution in [3.63, 3.8) is 0 Å². The van der Waals surface area contributed by atoms with Gasteiger partial charge in [-0.1, -0.05) is 30.2 Å². The predicted octanol–water partition coefficient (Wildman–Crippen LogP) is 4.61. The molecule has 0 radical (unpaired) electrons. The molecule has 1 fully saturated rings. The minimum Gasteiger partial charge on any atom is -0.350 e. The molecular weight excluding hydrogens is 372 g/mol. The number of aromatic nitrogens is 2. The molecule has 1 aromatic heterocycles. The molecule has 1 amide bonds. The van der Waals surface area contributed by atoms with Crippen LogP contribution in [0.2, 0.25) is 0 Å². The highest BCUT2D eigenvalue weighted by molar-refractivity contribution is 5.93. The van der Waals surface area contributed by atoms with Gasteiger partial charge in [0.1, 0.15) is 5.82 Å². The summed E-state index contributed by atoms with van der Waals surface area (Å²) in [7, 11) is 4.06. The first-order valence-electron chi connectivity index (χ1n) is 11.1. The quantitative estimate of drug-likeness (QED) is 0.520. The maximum absolute atomic E-state index is 12.9. The minimum absolute atomic E-state index is 0.0499. The third-order valence-corrected chi connectivity index (χ3v) is 6.23. The summed E-state index contributed by atoms with van der Waals surface area (Å²) < 4.78 is 2.22. The van der Waals surface area contributed by atoms with Gasteiger partial charge in [-0.25, -0.2) is 4.98 Å². The van der Waals surface area contributed by atoms with Crippen molar-refractivity contribution in [3.8, 4) is 0 Å². The Morgan fingerprint density at radius 1 is 1.23 bits per heavy atom. The molecule has 5 heteroatoms. The van der Waals surface area contributed by atoms with Crippen LogP contribution in [0.3, 0.4) is 0 Å². The van der Waals surface area contributed by atoms with E-state index in [9.17, 15) is 4.79 Å². The number of rotatable bonds is 7. The molecule has 2 atom stereocenters. The lowest BCUT2D eigenvalue weighted by Crippen LogP contribution is -2.38. The molecule has 2 aromatic rings. The molecule has 1 heterocycles. The lowest BCUT2D eigenvalue weighted by atomic mass is 9.85. The number of benzene rings is 1. The Morgan fingerprint density at radius 3 is 2.70 bits per heavy atom. The van der Waals surface area contributed by atoms with E-state index < -0.39 is 0 Å². The molecule has 2 unspecified atom stereocenters. The highest BCUT2D eigenvalue weighted by atomic mass is 16.1. The van der Waals surface area contributed by atoms with Gasteiger partial charge in [0.25, 0.3) is 0 Å². The number of nitrogens with zero attached hydrogens (tertiary/aromatic N) is 2. The fourth-order valence-corrected chi connectivity index (χ4v) is 4.44. The molecule has 162 valence electrons. The fourth-order valence-electron chi connectivity index (χ4n) is 4.44. The summed E-state index contributed by atoms with van der Waals surface area (Å²) in [5, 5.41) is 6.47. The first kappa shape index (κ1) is 22.3. The van der Waals surface area contributed by atoms with Gasteiger partial charge in [0.15, 0.2) is 0 Å². The lowest BCUT2D eigenvalue weighted by Gasteiger charge is -2.29. The molecule has 1 saturated carbocycles. The number of carbonyl (C=O) groups excluding carboxylic acids is 1. The zero-order valence-electron chi connectivity index (χ0n) is 19.1. The van der Waals surface area contributed by atoms with E-state index >= 15 is 0 Å².